The summed E-state index contributed by atoms with van der Waals surface area (Å²) in [7, 11) is 0. The number of nitrogens with zero attached hydrogens (tertiary/aromatic N) is 1. The Kier molecular flexibility index (Phi) is 5.81. The maximum atomic E-state index is 12.6. The molecule has 0 saturated carbocycles. The Hall–Kier alpha value is -2.85. The number of rotatable bonds is 5. The number of carbonyl (C=O) groups excluding carboxylic acids is 1. The van der Waals surface area contributed by atoms with Crippen LogP contribution in [-0.2, 0) is 11.3 Å². The Labute approximate surface area is 172 Å². The third-order valence-electron chi connectivity index (χ3n) is 6.17. The molecule has 150 valence electrons. The highest BCUT2D eigenvalue weighted by molar-refractivity contribution is 5.86. The predicted octanol–water partition coefficient (Wildman–Crippen LogP) is 4.63. The van der Waals surface area contributed by atoms with Gasteiger partial charge in [0.25, 0.3) is 0 Å². The van der Waals surface area contributed by atoms with Gasteiger partial charge in [-0.15, -0.1) is 0 Å². The van der Waals surface area contributed by atoms with Gasteiger partial charge in [-0.1, -0.05) is 60.7 Å². The van der Waals surface area contributed by atoms with Crippen LogP contribution < -0.4 is 5.32 Å². The van der Waals surface area contributed by atoms with E-state index < -0.39 is 0 Å². The molecule has 0 aromatic heterocycles. The smallest absolute Gasteiger partial charge is 0.223 e. The van der Waals surface area contributed by atoms with E-state index in [1.165, 1.54) is 16.3 Å². The van der Waals surface area contributed by atoms with Crippen molar-refractivity contribution < 1.29 is 9.90 Å². The van der Waals surface area contributed by atoms with Gasteiger partial charge in [-0.25, -0.2) is 0 Å². The first-order valence-electron chi connectivity index (χ1n) is 10.4. The number of hydrogen-bond acceptors (Lipinski definition) is 3. The van der Waals surface area contributed by atoms with Crippen LogP contribution in [0, 0.1) is 5.92 Å². The third-order valence-corrected chi connectivity index (χ3v) is 6.17. The van der Waals surface area contributed by atoms with Crippen molar-refractivity contribution in [3.63, 3.8) is 0 Å². The second kappa shape index (κ2) is 8.66. The summed E-state index contributed by atoms with van der Waals surface area (Å²) in [6.45, 7) is 4.47. The molecule has 1 fully saturated rings. The fourth-order valence-corrected chi connectivity index (χ4v) is 4.35. The monoisotopic (exact) mass is 388 g/mol. The number of piperidine rings is 1. The Morgan fingerprint density at radius 3 is 2.52 bits per heavy atom. The maximum Gasteiger partial charge on any atom is 0.223 e. The van der Waals surface area contributed by atoms with Gasteiger partial charge in [0.2, 0.25) is 5.91 Å². The number of benzene rings is 3. The van der Waals surface area contributed by atoms with Crippen LogP contribution in [0.4, 0.5) is 0 Å². The van der Waals surface area contributed by atoms with Gasteiger partial charge in [0, 0.05) is 24.1 Å². The Morgan fingerprint density at radius 2 is 1.72 bits per heavy atom. The minimum absolute atomic E-state index is 0.0387. The molecular formula is C25H28N2O2. The molecule has 1 unspecified atom stereocenters. The fourth-order valence-electron chi connectivity index (χ4n) is 4.35. The fraction of sp³-hybridized carbons (Fsp3) is 0.320. The van der Waals surface area contributed by atoms with Crippen molar-refractivity contribution >= 4 is 16.7 Å². The zero-order valence-corrected chi connectivity index (χ0v) is 16.8. The number of fused-ring (bicyclic) bond motifs is 1. The first kappa shape index (κ1) is 19.5. The third kappa shape index (κ3) is 4.28. The van der Waals surface area contributed by atoms with Crippen LogP contribution in [0.5, 0.6) is 5.75 Å². The topological polar surface area (TPSA) is 52.6 Å². The molecule has 1 saturated heterocycles. The number of aromatic hydroxyl groups is 1. The van der Waals surface area contributed by atoms with E-state index in [4.69, 9.17) is 0 Å². The van der Waals surface area contributed by atoms with Crippen molar-refractivity contribution in [3.05, 3.63) is 77.9 Å². The highest BCUT2D eigenvalue weighted by Crippen LogP contribution is 2.31. The summed E-state index contributed by atoms with van der Waals surface area (Å²) in [5.74, 6) is 0.356. The molecule has 0 aliphatic carbocycles. The molecular weight excluding hydrogens is 360 g/mol. The first-order chi connectivity index (χ1) is 14.1. The molecule has 0 spiro atoms. The molecule has 3 aromatic rings. The average molecular weight is 389 g/mol. The zero-order valence-electron chi connectivity index (χ0n) is 16.8. The van der Waals surface area contributed by atoms with Gasteiger partial charge in [0.15, 0.2) is 0 Å². The standard InChI is InChI=1S/C25H28N2O2/c1-18(22-11-6-9-19-7-2-4-10-23(19)22)27-15-13-20(14-16-27)25(29)26-17-21-8-3-5-12-24(21)28/h2-12,18,20,28H,13-17H2,1H3,(H,26,29). The van der Waals surface area contributed by atoms with Crippen LogP contribution in [0.15, 0.2) is 66.7 Å². The lowest BCUT2D eigenvalue weighted by Crippen LogP contribution is -2.41. The molecule has 4 rings (SSSR count). The van der Waals surface area contributed by atoms with Gasteiger partial charge in [-0.05, 0) is 55.3 Å². The van der Waals surface area contributed by atoms with Crippen molar-refractivity contribution in [3.8, 4) is 5.75 Å². The lowest BCUT2D eigenvalue weighted by Gasteiger charge is -2.36. The molecule has 2 N–H and O–H groups in total. The van der Waals surface area contributed by atoms with Gasteiger partial charge >= 0.3 is 0 Å². The minimum Gasteiger partial charge on any atom is -0.508 e. The van der Waals surface area contributed by atoms with E-state index in [1.807, 2.05) is 12.1 Å². The Bertz CT molecular complexity index is 988. The van der Waals surface area contributed by atoms with Gasteiger partial charge in [0.05, 0.1) is 0 Å². The number of amides is 1. The van der Waals surface area contributed by atoms with E-state index in [9.17, 15) is 9.90 Å². The van der Waals surface area contributed by atoms with Gasteiger partial charge in [-0.3, -0.25) is 9.69 Å². The predicted molar refractivity (Wildman–Crippen MR) is 117 cm³/mol. The second-order valence-electron chi connectivity index (χ2n) is 7.90. The molecule has 1 amide bonds. The van der Waals surface area contributed by atoms with Crippen molar-refractivity contribution in [1.29, 1.82) is 0 Å². The first-order valence-corrected chi connectivity index (χ1v) is 10.4. The Morgan fingerprint density at radius 1 is 1.03 bits per heavy atom. The number of para-hydroxylation sites is 1. The highest BCUT2D eigenvalue weighted by atomic mass is 16.3. The van der Waals surface area contributed by atoms with Gasteiger partial charge in [0.1, 0.15) is 5.75 Å². The van der Waals surface area contributed by atoms with Gasteiger partial charge in [-0.2, -0.15) is 0 Å². The number of carbonyl (C=O) groups is 1. The summed E-state index contributed by atoms with van der Waals surface area (Å²) < 4.78 is 0. The summed E-state index contributed by atoms with van der Waals surface area (Å²) in [6.07, 6.45) is 1.73. The van der Waals surface area contributed by atoms with Crippen molar-refractivity contribution in [2.75, 3.05) is 13.1 Å². The van der Waals surface area contributed by atoms with Crippen molar-refractivity contribution in [2.24, 2.45) is 5.92 Å². The summed E-state index contributed by atoms with van der Waals surface area (Å²) in [4.78, 5) is 15.1. The average Bonchev–Trinajstić information content (AvgIpc) is 2.77. The molecule has 1 atom stereocenters. The quantitative estimate of drug-likeness (QED) is 0.670. The van der Waals surface area contributed by atoms with Crippen molar-refractivity contribution in [1.82, 2.24) is 10.2 Å². The minimum atomic E-state index is 0.0387. The number of phenolic OH excluding ortho intramolecular Hbond substituents is 1. The SMILES string of the molecule is CC(c1cccc2ccccc12)N1CCC(C(=O)NCc2ccccc2O)CC1. The van der Waals surface area contributed by atoms with Crippen LogP contribution >= 0.6 is 0 Å². The molecule has 29 heavy (non-hydrogen) atoms. The van der Waals surface area contributed by atoms with Crippen LogP contribution in [0.25, 0.3) is 10.8 Å². The summed E-state index contributed by atoms with van der Waals surface area (Å²) >= 11 is 0. The molecule has 0 bridgehead atoms. The van der Waals surface area contributed by atoms with Crippen LogP contribution in [-0.4, -0.2) is 29.0 Å². The Balaban J connectivity index is 1.35. The van der Waals surface area contributed by atoms with E-state index in [2.05, 4.69) is 59.6 Å². The van der Waals surface area contributed by atoms with E-state index >= 15 is 0 Å². The number of likely N-dealkylation sites (tertiary alicyclic amines) is 1. The second-order valence-corrected chi connectivity index (χ2v) is 7.90. The summed E-state index contributed by atoms with van der Waals surface area (Å²) in [5, 5.41) is 15.4. The molecule has 4 nitrogen and oxygen atoms in total. The molecule has 3 aromatic carbocycles. The molecule has 0 radical (unpaired) electrons. The van der Waals surface area contributed by atoms with Crippen LogP contribution in [0.2, 0.25) is 0 Å². The number of nitrogens with one attached hydrogen (secondary N) is 1. The van der Waals surface area contributed by atoms with E-state index in [1.54, 1.807) is 12.1 Å². The van der Waals surface area contributed by atoms with E-state index in [-0.39, 0.29) is 17.6 Å². The van der Waals surface area contributed by atoms with Gasteiger partial charge < -0.3 is 10.4 Å². The summed E-state index contributed by atoms with van der Waals surface area (Å²) in [6, 6.07) is 22.5. The van der Waals surface area contributed by atoms with Crippen LogP contribution in [0.1, 0.15) is 36.9 Å². The molecule has 4 heteroatoms. The highest BCUT2D eigenvalue weighted by Gasteiger charge is 2.28. The molecule has 1 aliphatic heterocycles. The summed E-state index contributed by atoms with van der Waals surface area (Å²) in [5.41, 5.74) is 2.11. The molecule has 1 aliphatic rings. The van der Waals surface area contributed by atoms with E-state index in [0.29, 0.717) is 12.6 Å². The lowest BCUT2D eigenvalue weighted by atomic mass is 9.92. The van der Waals surface area contributed by atoms with E-state index in [0.717, 1.165) is 31.5 Å². The normalized spacial score (nSPS) is 16.6. The zero-order chi connectivity index (χ0) is 20.2. The largest absolute Gasteiger partial charge is 0.508 e. The maximum absolute atomic E-state index is 12.6. The number of hydrogen-bond donors (Lipinski definition) is 2. The number of phenols is 1. The van der Waals surface area contributed by atoms with Crippen LogP contribution in [0.3, 0.4) is 0 Å². The lowest BCUT2D eigenvalue weighted by molar-refractivity contribution is -0.126. The van der Waals surface area contributed by atoms with Crippen molar-refractivity contribution in [2.45, 2.75) is 32.4 Å². The molecule has 1 heterocycles.